The minimum atomic E-state index is 0.544. The van der Waals surface area contributed by atoms with Crippen molar-refractivity contribution in [1.29, 1.82) is 0 Å². The third kappa shape index (κ3) is 3.63. The monoisotopic (exact) mass is 386 g/mol. The quantitative estimate of drug-likeness (QED) is 0.704. The van der Waals surface area contributed by atoms with E-state index in [1.165, 1.54) is 0 Å². The maximum atomic E-state index is 6.24. The number of piperazine rings is 1. The Morgan fingerprint density at radius 2 is 1.54 bits per heavy atom. The maximum Gasteiger partial charge on any atom is 0.111 e. The molecule has 4 rings (SSSR count). The zero-order valence-corrected chi connectivity index (χ0v) is 16.1. The minimum Gasteiger partial charge on any atom is -0.357 e. The standard InChI is InChI=1S/C20H20Cl2N4/c1-25-8-10-26(11-9-25)20-13-19(14-6-7-15(21)16(22)12-14)23-17-4-2-3-5-18(17)24-20/h2-7,12H,8-11,13H2,1H3. The molecule has 1 saturated heterocycles. The Kier molecular flexibility index (Phi) is 4.98. The largest absolute Gasteiger partial charge is 0.357 e. The van der Waals surface area contributed by atoms with Crippen LogP contribution in [-0.2, 0) is 0 Å². The lowest BCUT2D eigenvalue weighted by molar-refractivity contribution is 0.214. The Morgan fingerprint density at radius 1 is 0.846 bits per heavy atom. The molecule has 26 heavy (non-hydrogen) atoms. The van der Waals surface area contributed by atoms with Crippen molar-refractivity contribution in [3.05, 3.63) is 58.1 Å². The van der Waals surface area contributed by atoms with E-state index in [0.717, 1.165) is 54.7 Å². The summed E-state index contributed by atoms with van der Waals surface area (Å²) in [7, 11) is 2.16. The van der Waals surface area contributed by atoms with Gasteiger partial charge in [-0.2, -0.15) is 0 Å². The first-order chi connectivity index (χ1) is 12.6. The van der Waals surface area contributed by atoms with Gasteiger partial charge in [-0.25, -0.2) is 4.99 Å². The second-order valence-electron chi connectivity index (χ2n) is 6.67. The fraction of sp³-hybridized carbons (Fsp3) is 0.300. The molecule has 6 heteroatoms. The van der Waals surface area contributed by atoms with Gasteiger partial charge in [0.15, 0.2) is 0 Å². The van der Waals surface area contributed by atoms with Gasteiger partial charge in [0.2, 0.25) is 0 Å². The maximum absolute atomic E-state index is 6.24. The first-order valence-electron chi connectivity index (χ1n) is 8.73. The fourth-order valence-electron chi connectivity index (χ4n) is 3.26. The van der Waals surface area contributed by atoms with Crippen LogP contribution in [0.25, 0.3) is 0 Å². The topological polar surface area (TPSA) is 31.2 Å². The molecule has 134 valence electrons. The van der Waals surface area contributed by atoms with Crippen LogP contribution in [0.5, 0.6) is 0 Å². The van der Waals surface area contributed by atoms with Gasteiger partial charge in [-0.05, 0) is 36.9 Å². The fourth-order valence-corrected chi connectivity index (χ4v) is 3.55. The molecule has 2 aromatic carbocycles. The normalized spacial score (nSPS) is 18.0. The molecule has 2 aliphatic heterocycles. The molecular weight excluding hydrogens is 367 g/mol. The molecule has 2 heterocycles. The molecule has 4 nitrogen and oxygen atoms in total. The summed E-state index contributed by atoms with van der Waals surface area (Å²) in [4.78, 5) is 14.6. The highest BCUT2D eigenvalue weighted by atomic mass is 35.5. The van der Waals surface area contributed by atoms with Gasteiger partial charge >= 0.3 is 0 Å². The van der Waals surface area contributed by atoms with Gasteiger partial charge in [0.25, 0.3) is 0 Å². The van der Waals surface area contributed by atoms with Crippen molar-refractivity contribution in [2.45, 2.75) is 6.42 Å². The molecule has 2 aliphatic rings. The third-order valence-electron chi connectivity index (χ3n) is 4.83. The first-order valence-corrected chi connectivity index (χ1v) is 9.49. The highest BCUT2D eigenvalue weighted by molar-refractivity contribution is 6.42. The third-order valence-corrected chi connectivity index (χ3v) is 5.57. The minimum absolute atomic E-state index is 0.544. The van der Waals surface area contributed by atoms with Crippen LogP contribution in [0.2, 0.25) is 10.0 Å². The molecule has 0 bridgehead atoms. The van der Waals surface area contributed by atoms with E-state index in [-0.39, 0.29) is 0 Å². The lowest BCUT2D eigenvalue weighted by Gasteiger charge is -2.34. The average molecular weight is 387 g/mol. The lowest BCUT2D eigenvalue weighted by Crippen LogP contribution is -2.47. The number of para-hydroxylation sites is 2. The van der Waals surface area contributed by atoms with Gasteiger partial charge < -0.3 is 9.80 Å². The summed E-state index contributed by atoms with van der Waals surface area (Å²) in [5.41, 5.74) is 3.75. The van der Waals surface area contributed by atoms with Gasteiger partial charge in [-0.15, -0.1) is 0 Å². The Hall–Kier alpha value is -1.88. The van der Waals surface area contributed by atoms with E-state index in [1.807, 2.05) is 42.5 Å². The van der Waals surface area contributed by atoms with Crippen LogP contribution in [0.3, 0.4) is 0 Å². The van der Waals surface area contributed by atoms with Crippen molar-refractivity contribution in [1.82, 2.24) is 9.80 Å². The van der Waals surface area contributed by atoms with Crippen molar-refractivity contribution in [2.24, 2.45) is 9.98 Å². The van der Waals surface area contributed by atoms with Crippen molar-refractivity contribution in [2.75, 3.05) is 33.2 Å². The van der Waals surface area contributed by atoms with Crippen LogP contribution in [0, 0.1) is 0 Å². The number of fused-ring (bicyclic) bond motifs is 1. The number of aliphatic imine (C=N–C) groups is 2. The molecule has 0 amide bonds. The van der Waals surface area contributed by atoms with Crippen molar-refractivity contribution in [3.63, 3.8) is 0 Å². The van der Waals surface area contributed by atoms with Crippen LogP contribution in [0.1, 0.15) is 12.0 Å². The second kappa shape index (κ2) is 7.39. The van der Waals surface area contributed by atoms with E-state index in [1.54, 1.807) is 0 Å². The summed E-state index contributed by atoms with van der Waals surface area (Å²) in [6, 6.07) is 13.7. The number of halogens is 2. The van der Waals surface area contributed by atoms with Crippen molar-refractivity contribution >= 4 is 46.1 Å². The van der Waals surface area contributed by atoms with Gasteiger partial charge in [0, 0.05) is 32.6 Å². The highest BCUT2D eigenvalue weighted by Gasteiger charge is 2.22. The Morgan fingerprint density at radius 3 is 2.23 bits per heavy atom. The number of nitrogens with zero attached hydrogens (tertiary/aromatic N) is 4. The van der Waals surface area contributed by atoms with E-state index in [2.05, 4.69) is 16.8 Å². The number of likely N-dealkylation sites (N-methyl/N-ethyl adjacent to an activating group) is 1. The van der Waals surface area contributed by atoms with Gasteiger partial charge in [-0.1, -0.05) is 41.4 Å². The van der Waals surface area contributed by atoms with Crippen LogP contribution >= 0.6 is 23.2 Å². The Balaban J connectivity index is 1.74. The SMILES string of the molecule is CN1CCN(C2=Nc3ccccc3N=C(c3ccc(Cl)c(Cl)c3)C2)CC1. The van der Waals surface area contributed by atoms with E-state index in [0.29, 0.717) is 16.5 Å². The number of benzene rings is 2. The van der Waals surface area contributed by atoms with E-state index in [4.69, 9.17) is 33.2 Å². The molecule has 0 N–H and O–H groups in total. The van der Waals surface area contributed by atoms with Gasteiger partial charge in [-0.3, -0.25) is 4.99 Å². The summed E-state index contributed by atoms with van der Waals surface area (Å²) in [6.07, 6.45) is 0.677. The molecule has 0 spiro atoms. The molecule has 0 atom stereocenters. The number of rotatable bonds is 1. The molecule has 0 radical (unpaired) electrons. The van der Waals surface area contributed by atoms with E-state index < -0.39 is 0 Å². The number of hydrogen-bond acceptors (Lipinski definition) is 4. The molecular formula is C20H20Cl2N4. The smallest absolute Gasteiger partial charge is 0.111 e. The highest BCUT2D eigenvalue weighted by Crippen LogP contribution is 2.33. The van der Waals surface area contributed by atoms with Gasteiger partial charge in [0.1, 0.15) is 5.84 Å². The van der Waals surface area contributed by atoms with Crippen LogP contribution < -0.4 is 0 Å². The molecule has 0 saturated carbocycles. The Labute approximate surface area is 163 Å². The zero-order chi connectivity index (χ0) is 18.1. The number of hydrogen-bond donors (Lipinski definition) is 0. The van der Waals surface area contributed by atoms with Crippen LogP contribution in [0.15, 0.2) is 52.4 Å². The summed E-state index contributed by atoms with van der Waals surface area (Å²) in [5, 5.41) is 1.10. The molecule has 0 aromatic heterocycles. The van der Waals surface area contributed by atoms with Gasteiger partial charge in [0.05, 0.1) is 27.1 Å². The molecule has 0 aliphatic carbocycles. The van der Waals surface area contributed by atoms with Crippen LogP contribution in [-0.4, -0.2) is 54.6 Å². The van der Waals surface area contributed by atoms with Crippen molar-refractivity contribution in [3.8, 4) is 0 Å². The zero-order valence-electron chi connectivity index (χ0n) is 14.6. The summed E-state index contributed by atoms with van der Waals surface area (Å²) in [6.45, 7) is 4.04. The predicted molar refractivity (Wildman–Crippen MR) is 110 cm³/mol. The molecule has 2 aromatic rings. The first kappa shape index (κ1) is 17.5. The summed E-state index contributed by atoms with van der Waals surface area (Å²) in [5.74, 6) is 1.06. The Bertz CT molecular complexity index is 883. The number of amidine groups is 1. The average Bonchev–Trinajstić information content (AvgIpc) is 2.84. The molecule has 0 unspecified atom stereocenters. The van der Waals surface area contributed by atoms with E-state index >= 15 is 0 Å². The van der Waals surface area contributed by atoms with Crippen molar-refractivity contribution < 1.29 is 0 Å². The molecule has 1 fully saturated rings. The van der Waals surface area contributed by atoms with E-state index in [9.17, 15) is 0 Å². The van der Waals surface area contributed by atoms with Crippen LogP contribution in [0.4, 0.5) is 11.4 Å². The predicted octanol–water partition coefficient (Wildman–Crippen LogP) is 4.80. The summed E-state index contributed by atoms with van der Waals surface area (Å²) >= 11 is 12.3. The summed E-state index contributed by atoms with van der Waals surface area (Å²) < 4.78 is 0. The lowest BCUT2D eigenvalue weighted by atomic mass is 10.1. The second-order valence-corrected chi connectivity index (χ2v) is 7.49.